The van der Waals surface area contributed by atoms with Gasteiger partial charge in [-0.3, -0.25) is 9.78 Å². The van der Waals surface area contributed by atoms with Crippen LogP contribution in [0.5, 0.6) is 0 Å². The minimum Gasteiger partial charge on any atom is -0.267 e. The van der Waals surface area contributed by atoms with Crippen molar-refractivity contribution in [1.82, 2.24) is 20.2 Å². The van der Waals surface area contributed by atoms with Crippen molar-refractivity contribution in [2.75, 3.05) is 0 Å². The molecule has 3 aromatic rings. The molecule has 9 heteroatoms. The molecule has 0 atom stereocenters. The van der Waals surface area contributed by atoms with Crippen LogP contribution in [0.3, 0.4) is 0 Å². The lowest BCUT2D eigenvalue weighted by Crippen LogP contribution is -2.17. The molecule has 0 bridgehead atoms. The molecule has 0 unspecified atom stereocenters. The first-order valence-electron chi connectivity index (χ1n) is 7.86. The van der Waals surface area contributed by atoms with Crippen LogP contribution >= 0.6 is 34.8 Å². The minimum atomic E-state index is -0.372. The van der Waals surface area contributed by atoms with Gasteiger partial charge in [0.2, 0.25) is 0 Å². The first-order valence-corrected chi connectivity index (χ1v) is 9.00. The van der Waals surface area contributed by atoms with Crippen LogP contribution in [0.2, 0.25) is 15.2 Å². The standard InChI is InChI=1S/C18H14Cl3N5O/c1-11-13(9-23-24-18(27)12-4-3-7-22-8-12)17(21)26(25-11)10-14-15(19)5-2-6-16(14)20/h2-9H,10H2,1H3,(H,24,27)/b23-9+. The van der Waals surface area contributed by atoms with Gasteiger partial charge in [0.25, 0.3) is 5.91 Å². The van der Waals surface area contributed by atoms with Crippen molar-refractivity contribution >= 4 is 46.9 Å². The predicted molar refractivity (Wildman–Crippen MR) is 107 cm³/mol. The summed E-state index contributed by atoms with van der Waals surface area (Å²) in [5.41, 5.74) is 4.80. The van der Waals surface area contributed by atoms with Crippen LogP contribution in [-0.2, 0) is 6.54 Å². The number of nitrogens with one attached hydrogen (secondary N) is 1. The van der Waals surface area contributed by atoms with E-state index in [2.05, 4.69) is 20.6 Å². The van der Waals surface area contributed by atoms with Crippen molar-refractivity contribution in [1.29, 1.82) is 0 Å². The number of hydrogen-bond donors (Lipinski definition) is 1. The smallest absolute Gasteiger partial charge is 0.267 e. The maximum Gasteiger partial charge on any atom is 0.272 e. The molecule has 0 spiro atoms. The second-order valence-corrected chi connectivity index (χ2v) is 6.76. The van der Waals surface area contributed by atoms with Crippen molar-refractivity contribution in [2.24, 2.45) is 5.10 Å². The third-order valence-corrected chi connectivity index (χ3v) is 4.87. The van der Waals surface area contributed by atoms with E-state index in [1.54, 1.807) is 48.1 Å². The zero-order valence-corrected chi connectivity index (χ0v) is 16.4. The Balaban J connectivity index is 1.77. The fraction of sp³-hybridized carbons (Fsp3) is 0.111. The average Bonchev–Trinajstić information content (AvgIpc) is 2.93. The zero-order valence-electron chi connectivity index (χ0n) is 14.2. The Labute approximate surface area is 170 Å². The summed E-state index contributed by atoms with van der Waals surface area (Å²) >= 11 is 18.8. The Hall–Kier alpha value is -2.41. The second-order valence-electron chi connectivity index (χ2n) is 5.59. The van der Waals surface area contributed by atoms with E-state index in [0.29, 0.717) is 38.6 Å². The highest BCUT2D eigenvalue weighted by Gasteiger charge is 2.15. The van der Waals surface area contributed by atoms with E-state index < -0.39 is 0 Å². The van der Waals surface area contributed by atoms with Gasteiger partial charge in [0.1, 0.15) is 5.15 Å². The number of carbonyl (C=O) groups excluding carboxylic acids is 1. The first-order chi connectivity index (χ1) is 13.0. The maximum atomic E-state index is 12.0. The summed E-state index contributed by atoms with van der Waals surface area (Å²) in [4.78, 5) is 15.9. The number of nitrogens with zero attached hydrogens (tertiary/aromatic N) is 4. The largest absolute Gasteiger partial charge is 0.272 e. The van der Waals surface area contributed by atoms with Gasteiger partial charge in [-0.05, 0) is 31.2 Å². The molecule has 0 saturated carbocycles. The number of amides is 1. The number of carbonyl (C=O) groups is 1. The first kappa shape index (κ1) is 19.4. The molecule has 6 nitrogen and oxygen atoms in total. The Bertz CT molecular complexity index is 981. The van der Waals surface area contributed by atoms with Gasteiger partial charge in [-0.1, -0.05) is 40.9 Å². The van der Waals surface area contributed by atoms with Crippen LogP contribution in [0.1, 0.15) is 27.2 Å². The molecule has 138 valence electrons. The van der Waals surface area contributed by atoms with Crippen LogP contribution in [0.25, 0.3) is 0 Å². The number of rotatable bonds is 5. The van der Waals surface area contributed by atoms with Gasteiger partial charge in [0.05, 0.1) is 29.6 Å². The molecule has 0 aliphatic heterocycles. The van der Waals surface area contributed by atoms with Crippen molar-refractivity contribution in [2.45, 2.75) is 13.5 Å². The van der Waals surface area contributed by atoms with Crippen LogP contribution in [0.15, 0.2) is 47.8 Å². The molecule has 2 heterocycles. The highest BCUT2D eigenvalue weighted by molar-refractivity contribution is 6.36. The van der Waals surface area contributed by atoms with E-state index >= 15 is 0 Å². The summed E-state index contributed by atoms with van der Waals surface area (Å²) in [6.45, 7) is 2.11. The van der Waals surface area contributed by atoms with E-state index in [9.17, 15) is 4.79 Å². The van der Waals surface area contributed by atoms with Crippen LogP contribution in [-0.4, -0.2) is 26.9 Å². The summed E-state index contributed by atoms with van der Waals surface area (Å²) in [5.74, 6) is -0.372. The minimum absolute atomic E-state index is 0.314. The molecule has 2 aromatic heterocycles. The molecule has 0 saturated heterocycles. The van der Waals surface area contributed by atoms with Crippen LogP contribution in [0.4, 0.5) is 0 Å². The van der Waals surface area contributed by atoms with Gasteiger partial charge in [-0.2, -0.15) is 10.2 Å². The third kappa shape index (κ3) is 4.47. The van der Waals surface area contributed by atoms with Gasteiger partial charge in [0, 0.05) is 28.0 Å². The zero-order chi connectivity index (χ0) is 19.4. The van der Waals surface area contributed by atoms with Crippen molar-refractivity contribution < 1.29 is 4.79 Å². The number of aryl methyl sites for hydroxylation is 1. The SMILES string of the molecule is Cc1nn(Cc2c(Cl)cccc2Cl)c(Cl)c1/C=N/NC(=O)c1cccnc1. The fourth-order valence-corrected chi connectivity index (χ4v) is 3.17. The molecule has 0 fully saturated rings. The molecule has 0 aliphatic carbocycles. The number of benzene rings is 1. The van der Waals surface area contributed by atoms with Gasteiger partial charge in [-0.25, -0.2) is 10.1 Å². The predicted octanol–water partition coefficient (Wildman–Crippen LogP) is 4.36. The third-order valence-electron chi connectivity index (χ3n) is 3.76. The van der Waals surface area contributed by atoms with Gasteiger partial charge < -0.3 is 0 Å². The molecule has 0 radical (unpaired) electrons. The van der Waals surface area contributed by atoms with Crippen molar-refractivity contribution in [3.8, 4) is 0 Å². The van der Waals surface area contributed by atoms with E-state index in [-0.39, 0.29) is 5.91 Å². The number of aromatic nitrogens is 3. The normalized spacial score (nSPS) is 11.1. The molecule has 27 heavy (non-hydrogen) atoms. The number of hydrogen-bond acceptors (Lipinski definition) is 4. The quantitative estimate of drug-likeness (QED) is 0.490. The summed E-state index contributed by atoms with van der Waals surface area (Å²) in [6.07, 6.45) is 4.49. The Kier molecular flexibility index (Phi) is 6.11. The summed E-state index contributed by atoms with van der Waals surface area (Å²) < 4.78 is 1.58. The van der Waals surface area contributed by atoms with Gasteiger partial charge in [0.15, 0.2) is 0 Å². The molecule has 1 N–H and O–H groups in total. The van der Waals surface area contributed by atoms with E-state index in [0.717, 1.165) is 5.56 Å². The number of pyridine rings is 1. The monoisotopic (exact) mass is 421 g/mol. The van der Waals surface area contributed by atoms with E-state index in [4.69, 9.17) is 34.8 Å². The summed E-state index contributed by atoms with van der Waals surface area (Å²) in [6, 6.07) is 8.59. The highest BCUT2D eigenvalue weighted by atomic mass is 35.5. The molecular weight excluding hydrogens is 409 g/mol. The van der Waals surface area contributed by atoms with E-state index in [1.165, 1.54) is 12.4 Å². The molecular formula is C18H14Cl3N5O. The topological polar surface area (TPSA) is 72.2 Å². The van der Waals surface area contributed by atoms with Gasteiger partial charge in [-0.15, -0.1) is 0 Å². The number of halogens is 3. The molecule has 3 rings (SSSR count). The fourth-order valence-electron chi connectivity index (χ4n) is 2.37. The molecule has 0 aliphatic rings. The Morgan fingerprint density at radius 1 is 1.22 bits per heavy atom. The Morgan fingerprint density at radius 3 is 2.63 bits per heavy atom. The Morgan fingerprint density at radius 2 is 1.96 bits per heavy atom. The molecule has 1 amide bonds. The lowest BCUT2D eigenvalue weighted by atomic mass is 10.2. The molecule has 1 aromatic carbocycles. The maximum absolute atomic E-state index is 12.0. The van der Waals surface area contributed by atoms with Crippen molar-refractivity contribution in [3.63, 3.8) is 0 Å². The van der Waals surface area contributed by atoms with Crippen molar-refractivity contribution in [3.05, 3.63) is 80.3 Å². The summed E-state index contributed by atoms with van der Waals surface area (Å²) in [5, 5.41) is 9.78. The second kappa shape index (κ2) is 8.52. The van der Waals surface area contributed by atoms with Crippen LogP contribution in [0, 0.1) is 6.92 Å². The lowest BCUT2D eigenvalue weighted by molar-refractivity contribution is 0.0955. The van der Waals surface area contributed by atoms with Crippen LogP contribution < -0.4 is 5.43 Å². The lowest BCUT2D eigenvalue weighted by Gasteiger charge is -2.08. The highest BCUT2D eigenvalue weighted by Crippen LogP contribution is 2.27. The van der Waals surface area contributed by atoms with E-state index in [1.807, 2.05) is 0 Å². The summed E-state index contributed by atoms with van der Waals surface area (Å²) in [7, 11) is 0. The van der Waals surface area contributed by atoms with Gasteiger partial charge >= 0.3 is 0 Å². The number of hydrazone groups is 1. The average molecular weight is 423 g/mol.